The van der Waals surface area contributed by atoms with E-state index in [-0.39, 0.29) is 18.5 Å². The van der Waals surface area contributed by atoms with Crippen molar-refractivity contribution in [1.82, 2.24) is 15.5 Å². The number of aromatic amines is 1. The molecule has 1 unspecified atom stereocenters. The molecule has 0 spiro atoms. The summed E-state index contributed by atoms with van der Waals surface area (Å²) < 4.78 is 0. The van der Waals surface area contributed by atoms with E-state index in [1.807, 2.05) is 38.1 Å². The molecule has 1 fully saturated rings. The third kappa shape index (κ3) is 3.79. The lowest BCUT2D eigenvalue weighted by atomic mass is 9.77. The van der Waals surface area contributed by atoms with Gasteiger partial charge in [-0.15, -0.1) is 0 Å². The minimum Gasteiger partial charge on any atom is -0.322 e. The summed E-state index contributed by atoms with van der Waals surface area (Å²) in [7, 11) is 0. The molecule has 0 radical (unpaired) electrons. The van der Waals surface area contributed by atoms with E-state index in [1.54, 1.807) is 0 Å². The number of H-pyrrole nitrogens is 1. The van der Waals surface area contributed by atoms with Crippen molar-refractivity contribution < 1.29 is 4.79 Å². The van der Waals surface area contributed by atoms with Crippen LogP contribution in [0.25, 0.3) is 0 Å². The number of rotatable bonds is 6. The van der Waals surface area contributed by atoms with E-state index in [0.717, 1.165) is 22.1 Å². The van der Waals surface area contributed by atoms with Crippen LogP contribution < -0.4 is 10.6 Å². The second-order valence-corrected chi connectivity index (χ2v) is 6.89. The van der Waals surface area contributed by atoms with Gasteiger partial charge >= 0.3 is 0 Å². The Kier molecular flexibility index (Phi) is 5.21. The van der Waals surface area contributed by atoms with Crippen LogP contribution in [0.2, 0.25) is 5.02 Å². The van der Waals surface area contributed by atoms with Crippen LogP contribution in [0.1, 0.15) is 42.3 Å². The zero-order valence-electron chi connectivity index (χ0n) is 14.0. The van der Waals surface area contributed by atoms with Gasteiger partial charge in [-0.2, -0.15) is 5.10 Å². The molecule has 128 valence electrons. The van der Waals surface area contributed by atoms with E-state index in [9.17, 15) is 4.79 Å². The summed E-state index contributed by atoms with van der Waals surface area (Å²) in [5.41, 5.74) is 3.63. The molecule has 1 aromatic carbocycles. The van der Waals surface area contributed by atoms with Gasteiger partial charge in [-0.25, -0.2) is 0 Å². The molecular weight excluding hydrogens is 324 g/mol. The molecule has 0 saturated heterocycles. The van der Waals surface area contributed by atoms with Crippen molar-refractivity contribution >= 4 is 23.2 Å². The topological polar surface area (TPSA) is 69.8 Å². The van der Waals surface area contributed by atoms with E-state index in [0.29, 0.717) is 5.92 Å². The van der Waals surface area contributed by atoms with Crippen molar-refractivity contribution in [3.8, 4) is 0 Å². The van der Waals surface area contributed by atoms with Gasteiger partial charge in [0, 0.05) is 11.1 Å². The number of aryl methyl sites for hydroxylation is 2. The lowest BCUT2D eigenvalue weighted by Gasteiger charge is -2.34. The fourth-order valence-corrected chi connectivity index (χ4v) is 3.25. The average molecular weight is 347 g/mol. The fourth-order valence-electron chi connectivity index (χ4n) is 3.12. The van der Waals surface area contributed by atoms with E-state index in [4.69, 9.17) is 11.6 Å². The molecule has 1 aliphatic rings. The predicted octanol–water partition coefficient (Wildman–Crippen LogP) is 3.75. The molecule has 6 heteroatoms. The first-order valence-corrected chi connectivity index (χ1v) is 8.72. The second kappa shape index (κ2) is 7.36. The van der Waals surface area contributed by atoms with Crippen molar-refractivity contribution in [3.05, 3.63) is 46.2 Å². The van der Waals surface area contributed by atoms with Crippen molar-refractivity contribution in [3.63, 3.8) is 0 Å². The van der Waals surface area contributed by atoms with Crippen LogP contribution in [-0.2, 0) is 4.79 Å². The Morgan fingerprint density at radius 3 is 2.58 bits per heavy atom. The Balaban J connectivity index is 1.63. The third-order valence-corrected chi connectivity index (χ3v) is 4.98. The van der Waals surface area contributed by atoms with Gasteiger partial charge in [0.15, 0.2) is 0 Å². The number of benzene rings is 1. The summed E-state index contributed by atoms with van der Waals surface area (Å²) in [6.45, 7) is 4.04. The summed E-state index contributed by atoms with van der Waals surface area (Å²) in [6.07, 6.45) is 3.65. The number of aromatic nitrogens is 2. The quantitative estimate of drug-likeness (QED) is 0.746. The third-order valence-electron chi connectivity index (χ3n) is 4.73. The lowest BCUT2D eigenvalue weighted by Crippen LogP contribution is -2.37. The highest BCUT2D eigenvalue weighted by Crippen LogP contribution is 2.37. The maximum Gasteiger partial charge on any atom is 0.238 e. The maximum absolute atomic E-state index is 12.3. The van der Waals surface area contributed by atoms with Gasteiger partial charge in [-0.1, -0.05) is 30.2 Å². The Morgan fingerprint density at radius 1 is 1.33 bits per heavy atom. The van der Waals surface area contributed by atoms with E-state index >= 15 is 0 Å². The van der Waals surface area contributed by atoms with Crippen LogP contribution in [0.4, 0.5) is 5.69 Å². The number of hydrogen-bond donors (Lipinski definition) is 3. The highest BCUT2D eigenvalue weighted by Gasteiger charge is 2.28. The van der Waals surface area contributed by atoms with Gasteiger partial charge in [-0.05, 0) is 50.3 Å². The normalized spacial score (nSPS) is 15.8. The zero-order chi connectivity index (χ0) is 17.1. The van der Waals surface area contributed by atoms with Crippen LogP contribution in [0, 0.1) is 19.8 Å². The molecule has 1 aromatic heterocycles. The maximum atomic E-state index is 12.3. The minimum atomic E-state index is -0.0547. The Labute approximate surface area is 147 Å². The van der Waals surface area contributed by atoms with Crippen molar-refractivity contribution in [2.45, 2.75) is 39.2 Å². The highest BCUT2D eigenvalue weighted by molar-refractivity contribution is 6.30. The molecule has 3 rings (SSSR count). The molecule has 1 aliphatic carbocycles. The van der Waals surface area contributed by atoms with E-state index in [1.165, 1.54) is 24.8 Å². The number of nitrogens with zero attached hydrogens (tertiary/aromatic N) is 1. The summed E-state index contributed by atoms with van der Waals surface area (Å²) in [5.74, 6) is 0.525. The van der Waals surface area contributed by atoms with Gasteiger partial charge in [0.05, 0.1) is 23.6 Å². The molecule has 1 amide bonds. The van der Waals surface area contributed by atoms with Gasteiger partial charge in [0.1, 0.15) is 0 Å². The Morgan fingerprint density at radius 2 is 2.04 bits per heavy atom. The van der Waals surface area contributed by atoms with Gasteiger partial charge in [0.2, 0.25) is 5.91 Å². The first-order valence-electron chi connectivity index (χ1n) is 8.35. The van der Waals surface area contributed by atoms with Crippen LogP contribution in [0.5, 0.6) is 0 Å². The SMILES string of the molecule is Cc1n[nH]c(C)c1NC(=O)CNC(c1ccc(Cl)cc1)C1CCC1. The Bertz CT molecular complexity index is 687. The highest BCUT2D eigenvalue weighted by atomic mass is 35.5. The fraction of sp³-hybridized carbons (Fsp3) is 0.444. The summed E-state index contributed by atoms with van der Waals surface area (Å²) in [5, 5.41) is 14.1. The molecule has 5 nitrogen and oxygen atoms in total. The molecule has 2 aromatic rings. The number of carbonyl (C=O) groups excluding carboxylic acids is 1. The van der Waals surface area contributed by atoms with Crippen LogP contribution in [-0.4, -0.2) is 22.6 Å². The first kappa shape index (κ1) is 17.0. The molecule has 1 saturated carbocycles. The average Bonchev–Trinajstić information content (AvgIpc) is 2.82. The van der Waals surface area contributed by atoms with Crippen LogP contribution in [0.15, 0.2) is 24.3 Å². The molecule has 1 heterocycles. The van der Waals surface area contributed by atoms with Gasteiger partial charge < -0.3 is 10.6 Å². The number of carbonyl (C=O) groups is 1. The molecule has 3 N–H and O–H groups in total. The zero-order valence-corrected chi connectivity index (χ0v) is 14.8. The number of amides is 1. The minimum absolute atomic E-state index is 0.0547. The van der Waals surface area contributed by atoms with Gasteiger partial charge in [0.25, 0.3) is 0 Å². The lowest BCUT2D eigenvalue weighted by molar-refractivity contribution is -0.115. The van der Waals surface area contributed by atoms with Crippen LogP contribution in [0.3, 0.4) is 0 Å². The number of halogens is 1. The molecular formula is C18H23ClN4O. The summed E-state index contributed by atoms with van der Waals surface area (Å²) in [6, 6.07) is 8.08. The van der Waals surface area contributed by atoms with E-state index < -0.39 is 0 Å². The molecule has 24 heavy (non-hydrogen) atoms. The van der Waals surface area contributed by atoms with Crippen molar-refractivity contribution in [1.29, 1.82) is 0 Å². The monoisotopic (exact) mass is 346 g/mol. The summed E-state index contributed by atoms with van der Waals surface area (Å²) in [4.78, 5) is 12.3. The second-order valence-electron chi connectivity index (χ2n) is 6.46. The predicted molar refractivity (Wildman–Crippen MR) is 96.2 cm³/mol. The smallest absolute Gasteiger partial charge is 0.238 e. The first-order chi connectivity index (χ1) is 11.5. The Hall–Kier alpha value is -1.85. The number of hydrogen-bond acceptors (Lipinski definition) is 3. The molecule has 0 bridgehead atoms. The van der Waals surface area contributed by atoms with Crippen LogP contribution >= 0.6 is 11.6 Å². The standard InChI is InChI=1S/C18H23ClN4O/c1-11-17(12(2)23-22-11)21-16(24)10-20-18(13-4-3-5-13)14-6-8-15(19)9-7-14/h6-9,13,18,20H,3-5,10H2,1-2H3,(H,21,24)(H,22,23). The largest absolute Gasteiger partial charge is 0.322 e. The van der Waals surface area contributed by atoms with Crippen molar-refractivity contribution in [2.75, 3.05) is 11.9 Å². The number of anilines is 1. The van der Waals surface area contributed by atoms with Crippen molar-refractivity contribution in [2.24, 2.45) is 5.92 Å². The molecule has 1 atom stereocenters. The number of nitrogens with one attached hydrogen (secondary N) is 3. The van der Waals surface area contributed by atoms with E-state index in [2.05, 4.69) is 20.8 Å². The molecule has 0 aliphatic heterocycles. The summed E-state index contributed by atoms with van der Waals surface area (Å²) >= 11 is 5.99. The van der Waals surface area contributed by atoms with Gasteiger partial charge in [-0.3, -0.25) is 9.89 Å².